The highest BCUT2D eigenvalue weighted by atomic mass is 16.3. The summed E-state index contributed by atoms with van der Waals surface area (Å²) in [7, 11) is 0. The van der Waals surface area contributed by atoms with E-state index in [1.165, 1.54) is 5.57 Å². The van der Waals surface area contributed by atoms with Crippen molar-refractivity contribution in [3.8, 4) is 0 Å². The first-order chi connectivity index (χ1) is 5.01. The van der Waals surface area contributed by atoms with Crippen molar-refractivity contribution in [2.75, 3.05) is 0 Å². The van der Waals surface area contributed by atoms with Crippen LogP contribution in [0.5, 0.6) is 0 Å². The molecule has 2 atom stereocenters. The number of hydrogen-bond acceptors (Lipinski definition) is 1. The second kappa shape index (κ2) is 2.82. The lowest BCUT2D eigenvalue weighted by Gasteiger charge is -2.27. The maximum atomic E-state index is 9.56. The summed E-state index contributed by atoms with van der Waals surface area (Å²) in [5.74, 6) is 0.482. The van der Waals surface area contributed by atoms with Gasteiger partial charge < -0.3 is 5.11 Å². The summed E-state index contributed by atoms with van der Waals surface area (Å²) in [6.07, 6.45) is 5.82. The Bertz CT molecular complexity index is 189. The first-order valence-electron chi connectivity index (χ1n) is 4.08. The van der Waals surface area contributed by atoms with Crippen LogP contribution in [-0.4, -0.2) is 10.7 Å². The largest absolute Gasteiger partial charge is 0.386 e. The van der Waals surface area contributed by atoms with E-state index in [1.807, 2.05) is 19.9 Å². The Kier molecular flexibility index (Phi) is 2.19. The standard InChI is InChI=1S/C10H16O/c1-8(2)9-4-6-10(3,11)7-5-9/h4,6,9,11H,1,5,7H2,2-3H3/t9?,10-/m0/s1. The fraction of sp³-hybridized carbons (Fsp3) is 0.600. The summed E-state index contributed by atoms with van der Waals surface area (Å²) in [5.41, 5.74) is 0.614. The van der Waals surface area contributed by atoms with Crippen LogP contribution in [0.2, 0.25) is 0 Å². The van der Waals surface area contributed by atoms with Crippen LogP contribution in [0.3, 0.4) is 0 Å². The molecule has 1 nitrogen and oxygen atoms in total. The number of allylic oxidation sites excluding steroid dienone is 2. The van der Waals surface area contributed by atoms with Gasteiger partial charge >= 0.3 is 0 Å². The third-order valence-corrected chi connectivity index (χ3v) is 2.28. The highest BCUT2D eigenvalue weighted by Crippen LogP contribution is 2.28. The monoisotopic (exact) mass is 152 g/mol. The zero-order valence-electron chi connectivity index (χ0n) is 7.30. The molecule has 0 bridgehead atoms. The molecule has 0 amide bonds. The molecule has 1 aliphatic carbocycles. The van der Waals surface area contributed by atoms with Crippen LogP contribution < -0.4 is 0 Å². The van der Waals surface area contributed by atoms with Crippen molar-refractivity contribution in [2.24, 2.45) is 5.92 Å². The zero-order valence-corrected chi connectivity index (χ0v) is 7.30. The molecule has 0 aromatic rings. The summed E-state index contributed by atoms with van der Waals surface area (Å²) in [5, 5.41) is 9.56. The van der Waals surface area contributed by atoms with Gasteiger partial charge in [0.15, 0.2) is 0 Å². The summed E-state index contributed by atoms with van der Waals surface area (Å²) < 4.78 is 0. The molecule has 0 saturated heterocycles. The van der Waals surface area contributed by atoms with Crippen LogP contribution in [0.1, 0.15) is 26.7 Å². The Morgan fingerprint density at radius 3 is 2.73 bits per heavy atom. The van der Waals surface area contributed by atoms with E-state index in [2.05, 4.69) is 12.7 Å². The summed E-state index contributed by atoms with van der Waals surface area (Å²) >= 11 is 0. The van der Waals surface area contributed by atoms with Gasteiger partial charge in [-0.25, -0.2) is 0 Å². The lowest BCUT2D eigenvalue weighted by Crippen LogP contribution is -2.25. The molecule has 1 aliphatic rings. The average molecular weight is 152 g/mol. The van der Waals surface area contributed by atoms with Gasteiger partial charge in [0.05, 0.1) is 5.60 Å². The fourth-order valence-corrected chi connectivity index (χ4v) is 1.36. The van der Waals surface area contributed by atoms with Gasteiger partial charge in [-0.2, -0.15) is 0 Å². The molecule has 0 spiro atoms. The van der Waals surface area contributed by atoms with E-state index in [9.17, 15) is 5.11 Å². The second-order valence-corrected chi connectivity index (χ2v) is 3.71. The Morgan fingerprint density at radius 2 is 2.36 bits per heavy atom. The number of aliphatic hydroxyl groups is 1. The van der Waals surface area contributed by atoms with Crippen LogP contribution in [0.15, 0.2) is 24.3 Å². The van der Waals surface area contributed by atoms with Gasteiger partial charge in [0.25, 0.3) is 0 Å². The molecule has 0 aromatic heterocycles. The minimum atomic E-state index is -0.577. The zero-order chi connectivity index (χ0) is 8.48. The Labute approximate surface area is 68.4 Å². The van der Waals surface area contributed by atoms with E-state index < -0.39 is 5.60 Å². The average Bonchev–Trinajstić information content (AvgIpc) is 1.86. The van der Waals surface area contributed by atoms with E-state index in [-0.39, 0.29) is 0 Å². The van der Waals surface area contributed by atoms with E-state index in [0.29, 0.717) is 5.92 Å². The molecule has 1 rings (SSSR count). The molecule has 1 unspecified atom stereocenters. The van der Waals surface area contributed by atoms with Crippen molar-refractivity contribution >= 4 is 0 Å². The molecule has 0 heterocycles. The number of hydrogen-bond donors (Lipinski definition) is 1. The predicted octanol–water partition coefficient (Wildman–Crippen LogP) is 2.28. The minimum Gasteiger partial charge on any atom is -0.386 e. The first kappa shape index (κ1) is 8.54. The Morgan fingerprint density at radius 1 is 1.73 bits per heavy atom. The molecule has 0 saturated carbocycles. The maximum Gasteiger partial charge on any atom is 0.0800 e. The van der Waals surface area contributed by atoms with Gasteiger partial charge in [0.2, 0.25) is 0 Å². The predicted molar refractivity (Wildman–Crippen MR) is 47.3 cm³/mol. The smallest absolute Gasteiger partial charge is 0.0800 e. The van der Waals surface area contributed by atoms with E-state index in [1.54, 1.807) is 0 Å². The highest BCUT2D eigenvalue weighted by molar-refractivity contribution is 5.14. The normalized spacial score (nSPS) is 37.2. The van der Waals surface area contributed by atoms with E-state index in [4.69, 9.17) is 0 Å². The first-order valence-corrected chi connectivity index (χ1v) is 4.08. The van der Waals surface area contributed by atoms with Crippen molar-refractivity contribution in [1.82, 2.24) is 0 Å². The molecular weight excluding hydrogens is 136 g/mol. The fourth-order valence-electron chi connectivity index (χ4n) is 1.36. The van der Waals surface area contributed by atoms with Gasteiger partial charge in [-0.15, -0.1) is 0 Å². The van der Waals surface area contributed by atoms with Gasteiger partial charge in [0.1, 0.15) is 0 Å². The SMILES string of the molecule is C=C(C)C1C=C[C@](C)(O)CC1. The minimum absolute atomic E-state index is 0.482. The van der Waals surface area contributed by atoms with Crippen molar-refractivity contribution < 1.29 is 5.11 Å². The van der Waals surface area contributed by atoms with Gasteiger partial charge in [-0.1, -0.05) is 24.3 Å². The molecule has 0 aliphatic heterocycles. The third kappa shape index (κ3) is 2.19. The van der Waals surface area contributed by atoms with Crippen LogP contribution >= 0.6 is 0 Å². The van der Waals surface area contributed by atoms with E-state index >= 15 is 0 Å². The third-order valence-electron chi connectivity index (χ3n) is 2.28. The van der Waals surface area contributed by atoms with Crippen LogP contribution in [-0.2, 0) is 0 Å². The molecule has 62 valence electrons. The lowest BCUT2D eigenvalue weighted by molar-refractivity contribution is 0.0903. The molecule has 1 heteroatoms. The molecular formula is C10H16O. The van der Waals surface area contributed by atoms with Gasteiger partial charge in [0, 0.05) is 0 Å². The molecule has 11 heavy (non-hydrogen) atoms. The molecule has 0 radical (unpaired) electrons. The summed E-state index contributed by atoms with van der Waals surface area (Å²) in [4.78, 5) is 0. The molecule has 0 aromatic carbocycles. The van der Waals surface area contributed by atoms with Crippen LogP contribution in [0.4, 0.5) is 0 Å². The maximum absolute atomic E-state index is 9.56. The van der Waals surface area contributed by atoms with Crippen molar-refractivity contribution in [2.45, 2.75) is 32.3 Å². The summed E-state index contributed by atoms with van der Waals surface area (Å²) in [6, 6.07) is 0. The molecule has 1 N–H and O–H groups in total. The second-order valence-electron chi connectivity index (χ2n) is 3.71. The van der Waals surface area contributed by atoms with Crippen molar-refractivity contribution in [3.63, 3.8) is 0 Å². The summed E-state index contributed by atoms with van der Waals surface area (Å²) in [6.45, 7) is 7.78. The van der Waals surface area contributed by atoms with Crippen molar-refractivity contribution in [1.29, 1.82) is 0 Å². The van der Waals surface area contributed by atoms with E-state index in [0.717, 1.165) is 12.8 Å². The van der Waals surface area contributed by atoms with Crippen molar-refractivity contribution in [3.05, 3.63) is 24.3 Å². The van der Waals surface area contributed by atoms with Crippen LogP contribution in [0, 0.1) is 5.92 Å². The lowest BCUT2D eigenvalue weighted by atomic mass is 9.84. The quantitative estimate of drug-likeness (QED) is 0.571. The van der Waals surface area contributed by atoms with Gasteiger partial charge in [-0.05, 0) is 32.6 Å². The topological polar surface area (TPSA) is 20.2 Å². The van der Waals surface area contributed by atoms with Gasteiger partial charge in [-0.3, -0.25) is 0 Å². The number of rotatable bonds is 1. The Hall–Kier alpha value is -0.560. The Balaban J connectivity index is 2.63. The van der Waals surface area contributed by atoms with Crippen LogP contribution in [0.25, 0.3) is 0 Å². The molecule has 0 fully saturated rings. The highest BCUT2D eigenvalue weighted by Gasteiger charge is 2.23.